The number of anilines is 2. The molecular formula is C8H11N7. The van der Waals surface area contributed by atoms with Crippen LogP contribution in [-0.4, -0.2) is 26.1 Å². The molecule has 1 aromatic rings. The quantitative estimate of drug-likeness (QED) is 0.710. The summed E-state index contributed by atoms with van der Waals surface area (Å²) in [6.45, 7) is 3.86. The normalized spacial score (nSPS) is 16.0. The van der Waals surface area contributed by atoms with Gasteiger partial charge in [-0.25, -0.2) is 5.01 Å². The number of hydrogen-bond acceptors (Lipinski definition) is 7. The minimum Gasteiger partial charge on any atom is -0.365 e. The van der Waals surface area contributed by atoms with Crippen LogP contribution in [0, 0.1) is 0 Å². The van der Waals surface area contributed by atoms with Gasteiger partial charge in [0.2, 0.25) is 0 Å². The predicted octanol–water partition coefficient (Wildman–Crippen LogP) is 0.339. The van der Waals surface area contributed by atoms with Gasteiger partial charge in [-0.3, -0.25) is 0 Å². The molecule has 78 valence electrons. The largest absolute Gasteiger partial charge is 0.365 e. The number of nitrogens with zero attached hydrogens (tertiary/aromatic N) is 6. The highest BCUT2D eigenvalue weighted by molar-refractivity contribution is 5.85. The van der Waals surface area contributed by atoms with Crippen LogP contribution in [0.25, 0.3) is 0 Å². The van der Waals surface area contributed by atoms with Crippen molar-refractivity contribution in [3.63, 3.8) is 0 Å². The van der Waals surface area contributed by atoms with Crippen LogP contribution < -0.4 is 10.7 Å². The molecule has 7 heteroatoms. The first-order valence-corrected chi connectivity index (χ1v) is 4.50. The summed E-state index contributed by atoms with van der Waals surface area (Å²) >= 11 is 0. The molecule has 0 fully saturated rings. The van der Waals surface area contributed by atoms with E-state index in [4.69, 9.17) is 5.73 Å². The Balaban J connectivity index is 2.33. The topological polar surface area (TPSA) is 93.2 Å². The second kappa shape index (κ2) is 3.60. The van der Waals surface area contributed by atoms with Gasteiger partial charge in [-0.2, -0.15) is 5.10 Å². The Labute approximate surface area is 86.7 Å². The lowest BCUT2D eigenvalue weighted by atomic mass is 10.2. The third-order valence-corrected chi connectivity index (χ3v) is 1.97. The van der Waals surface area contributed by atoms with Crippen molar-refractivity contribution in [2.24, 2.45) is 5.10 Å². The van der Waals surface area contributed by atoms with Gasteiger partial charge in [0.05, 0.1) is 0 Å². The average Bonchev–Trinajstić information content (AvgIpc) is 2.23. The smallest absolute Gasteiger partial charge is 0.289 e. The van der Waals surface area contributed by atoms with Gasteiger partial charge >= 0.3 is 0 Å². The van der Waals surface area contributed by atoms with Crippen molar-refractivity contribution in [1.82, 2.24) is 20.4 Å². The summed E-state index contributed by atoms with van der Waals surface area (Å²) in [4.78, 5) is 0. The molecule has 0 spiro atoms. The van der Waals surface area contributed by atoms with Crippen LogP contribution in [0.15, 0.2) is 16.9 Å². The second-order valence-electron chi connectivity index (χ2n) is 3.25. The monoisotopic (exact) mass is 205 g/mol. The van der Waals surface area contributed by atoms with Crippen molar-refractivity contribution in [3.8, 4) is 0 Å². The molecule has 0 radical (unpaired) electrons. The summed E-state index contributed by atoms with van der Waals surface area (Å²) < 4.78 is 0. The number of allylic oxidation sites excluding steroid dienone is 2. The highest BCUT2D eigenvalue weighted by atomic mass is 15.6. The van der Waals surface area contributed by atoms with Crippen LogP contribution >= 0.6 is 0 Å². The summed E-state index contributed by atoms with van der Waals surface area (Å²) in [7, 11) is 0. The molecule has 0 amide bonds. The second-order valence-corrected chi connectivity index (χ2v) is 3.25. The standard InChI is InChI=1S/C8H11N7/c1-5-3-4-6(2)15(14-5)8-12-10-7(9)11-13-8/h4H,3H2,1-2H3,(H2,9,10,11). The molecule has 0 aromatic carbocycles. The van der Waals surface area contributed by atoms with Crippen LogP contribution in [0.2, 0.25) is 0 Å². The van der Waals surface area contributed by atoms with Crippen molar-refractivity contribution in [2.75, 3.05) is 10.7 Å². The van der Waals surface area contributed by atoms with Gasteiger partial charge in [-0.05, 0) is 13.8 Å². The summed E-state index contributed by atoms with van der Waals surface area (Å²) in [5, 5.41) is 20.8. The molecular weight excluding hydrogens is 194 g/mol. The SMILES string of the molecule is CC1=CCC(C)=NN1c1nnc(N)nn1. The molecule has 0 unspecified atom stereocenters. The molecule has 15 heavy (non-hydrogen) atoms. The Bertz CT molecular complexity index is 419. The molecule has 0 saturated carbocycles. The van der Waals surface area contributed by atoms with E-state index in [0.29, 0.717) is 5.95 Å². The summed E-state index contributed by atoms with van der Waals surface area (Å²) in [6.07, 6.45) is 2.89. The van der Waals surface area contributed by atoms with Crippen molar-refractivity contribution in [3.05, 3.63) is 11.8 Å². The fourth-order valence-electron chi connectivity index (χ4n) is 1.19. The van der Waals surface area contributed by atoms with E-state index in [1.165, 1.54) is 0 Å². The molecule has 7 nitrogen and oxygen atoms in total. The highest BCUT2D eigenvalue weighted by Gasteiger charge is 2.15. The Morgan fingerprint density at radius 3 is 2.53 bits per heavy atom. The van der Waals surface area contributed by atoms with Crippen LogP contribution in [-0.2, 0) is 0 Å². The van der Waals surface area contributed by atoms with E-state index in [-0.39, 0.29) is 5.95 Å². The number of rotatable bonds is 1. The van der Waals surface area contributed by atoms with Gasteiger partial charge in [-0.1, -0.05) is 6.08 Å². The van der Waals surface area contributed by atoms with Crippen LogP contribution in [0.1, 0.15) is 20.3 Å². The number of hydrazone groups is 1. The number of nitrogen functional groups attached to an aromatic ring is 1. The number of hydrogen-bond donors (Lipinski definition) is 1. The maximum Gasteiger partial charge on any atom is 0.289 e. The minimum atomic E-state index is 0.0538. The van der Waals surface area contributed by atoms with E-state index < -0.39 is 0 Å². The summed E-state index contributed by atoms with van der Waals surface area (Å²) in [6, 6.07) is 0. The Kier molecular flexibility index (Phi) is 2.28. The summed E-state index contributed by atoms with van der Waals surface area (Å²) in [5.41, 5.74) is 7.24. The maximum absolute atomic E-state index is 5.30. The fourth-order valence-corrected chi connectivity index (χ4v) is 1.19. The first-order valence-electron chi connectivity index (χ1n) is 4.50. The fraction of sp³-hybridized carbons (Fsp3) is 0.375. The lowest BCUT2D eigenvalue weighted by Crippen LogP contribution is -2.22. The molecule has 0 atom stereocenters. The molecule has 2 rings (SSSR count). The molecule has 1 aromatic heterocycles. The Morgan fingerprint density at radius 1 is 1.20 bits per heavy atom. The van der Waals surface area contributed by atoms with Gasteiger partial charge in [0.25, 0.3) is 11.9 Å². The van der Waals surface area contributed by atoms with Crippen molar-refractivity contribution >= 4 is 17.6 Å². The molecule has 0 aliphatic carbocycles. The van der Waals surface area contributed by atoms with Gasteiger partial charge in [0.1, 0.15) is 0 Å². The predicted molar refractivity (Wildman–Crippen MR) is 56.0 cm³/mol. The van der Waals surface area contributed by atoms with Gasteiger partial charge < -0.3 is 5.73 Å². The van der Waals surface area contributed by atoms with E-state index in [1.54, 1.807) is 5.01 Å². The molecule has 2 heterocycles. The van der Waals surface area contributed by atoms with Crippen LogP contribution in [0.5, 0.6) is 0 Å². The van der Waals surface area contributed by atoms with E-state index >= 15 is 0 Å². The van der Waals surface area contributed by atoms with E-state index in [2.05, 4.69) is 25.5 Å². The van der Waals surface area contributed by atoms with E-state index in [0.717, 1.165) is 17.8 Å². The molecule has 1 aliphatic heterocycles. The van der Waals surface area contributed by atoms with Gasteiger partial charge in [0.15, 0.2) is 0 Å². The third kappa shape index (κ3) is 1.90. The Hall–Kier alpha value is -2.05. The number of aromatic nitrogens is 4. The zero-order valence-electron chi connectivity index (χ0n) is 8.55. The van der Waals surface area contributed by atoms with Crippen molar-refractivity contribution in [1.29, 1.82) is 0 Å². The average molecular weight is 205 g/mol. The van der Waals surface area contributed by atoms with Gasteiger partial charge in [-0.15, -0.1) is 20.4 Å². The molecule has 0 saturated heterocycles. The number of nitrogens with two attached hydrogens (primary N) is 1. The van der Waals surface area contributed by atoms with Crippen LogP contribution in [0.4, 0.5) is 11.9 Å². The van der Waals surface area contributed by atoms with Gasteiger partial charge in [0, 0.05) is 17.8 Å². The lowest BCUT2D eigenvalue weighted by molar-refractivity contribution is 0.800. The maximum atomic E-state index is 5.30. The highest BCUT2D eigenvalue weighted by Crippen LogP contribution is 2.17. The van der Waals surface area contributed by atoms with Crippen molar-refractivity contribution < 1.29 is 0 Å². The van der Waals surface area contributed by atoms with E-state index in [1.807, 2.05) is 19.9 Å². The molecule has 1 aliphatic rings. The first-order chi connectivity index (χ1) is 7.16. The lowest BCUT2D eigenvalue weighted by Gasteiger charge is -2.20. The van der Waals surface area contributed by atoms with Crippen LogP contribution in [0.3, 0.4) is 0 Å². The van der Waals surface area contributed by atoms with Crippen molar-refractivity contribution in [2.45, 2.75) is 20.3 Å². The minimum absolute atomic E-state index is 0.0538. The molecule has 2 N–H and O–H groups in total. The zero-order valence-corrected chi connectivity index (χ0v) is 8.55. The Morgan fingerprint density at radius 2 is 1.87 bits per heavy atom. The van der Waals surface area contributed by atoms with E-state index in [9.17, 15) is 0 Å². The molecule has 0 bridgehead atoms. The first kappa shape index (κ1) is 9.50. The third-order valence-electron chi connectivity index (χ3n) is 1.97. The summed E-state index contributed by atoms with van der Waals surface area (Å²) in [5.74, 6) is 0.384. The zero-order chi connectivity index (χ0) is 10.8.